The average Bonchev–Trinajstić information content (AvgIpc) is 2.50. The van der Waals surface area contributed by atoms with E-state index in [0.717, 1.165) is 13.1 Å². The normalized spacial score (nSPS) is 43.5. The van der Waals surface area contributed by atoms with Crippen molar-refractivity contribution < 1.29 is 0 Å². The van der Waals surface area contributed by atoms with Crippen LogP contribution in [0.5, 0.6) is 0 Å². The van der Waals surface area contributed by atoms with Crippen molar-refractivity contribution >= 4 is 0 Å². The summed E-state index contributed by atoms with van der Waals surface area (Å²) in [5.74, 6) is 0. The lowest BCUT2D eigenvalue weighted by atomic mass is 9.89. The van der Waals surface area contributed by atoms with Gasteiger partial charge in [0.2, 0.25) is 0 Å². The molecule has 0 spiro atoms. The molecule has 4 nitrogen and oxygen atoms in total. The van der Waals surface area contributed by atoms with Gasteiger partial charge >= 0.3 is 0 Å². The zero-order valence-corrected chi connectivity index (χ0v) is 12.5. The van der Waals surface area contributed by atoms with E-state index >= 15 is 0 Å². The Kier molecular flexibility index (Phi) is 2.80. The minimum atomic E-state index is 0.384. The molecule has 0 aromatic heterocycles. The Balaban J connectivity index is 1.82. The minimum absolute atomic E-state index is 0.384. The Morgan fingerprint density at radius 3 is 1.61 bits per heavy atom. The molecule has 0 bridgehead atoms. The van der Waals surface area contributed by atoms with Crippen molar-refractivity contribution in [2.24, 2.45) is 10.8 Å². The lowest BCUT2D eigenvalue weighted by Gasteiger charge is -2.44. The fraction of sp³-hybridized carbons (Fsp3) is 1.00. The predicted molar refractivity (Wildman–Crippen MR) is 74.0 cm³/mol. The van der Waals surface area contributed by atoms with E-state index < -0.39 is 0 Å². The molecule has 3 heterocycles. The van der Waals surface area contributed by atoms with Crippen LogP contribution in [0.25, 0.3) is 0 Å². The first-order chi connectivity index (χ1) is 8.29. The molecule has 0 amide bonds. The number of hydrogen-bond acceptors (Lipinski definition) is 4. The number of nitrogens with one attached hydrogen (secondary N) is 2. The van der Waals surface area contributed by atoms with Gasteiger partial charge in [-0.05, 0) is 17.8 Å². The lowest BCUT2D eigenvalue weighted by Crippen LogP contribution is -2.64. The summed E-state index contributed by atoms with van der Waals surface area (Å²) >= 11 is 0. The molecule has 3 atom stereocenters. The van der Waals surface area contributed by atoms with Crippen LogP contribution in [0.4, 0.5) is 0 Å². The van der Waals surface area contributed by atoms with Crippen LogP contribution < -0.4 is 10.6 Å². The van der Waals surface area contributed by atoms with Gasteiger partial charge in [0.1, 0.15) is 0 Å². The molecule has 3 fully saturated rings. The highest BCUT2D eigenvalue weighted by molar-refractivity contribution is 5.03. The van der Waals surface area contributed by atoms with Gasteiger partial charge in [-0.25, -0.2) is 0 Å². The Hall–Kier alpha value is -0.160. The van der Waals surface area contributed by atoms with Crippen molar-refractivity contribution in [3.8, 4) is 0 Å². The molecular weight excluding hydrogens is 224 g/mol. The summed E-state index contributed by atoms with van der Waals surface area (Å²) < 4.78 is 0. The van der Waals surface area contributed by atoms with Crippen LogP contribution in [-0.4, -0.2) is 54.5 Å². The summed E-state index contributed by atoms with van der Waals surface area (Å²) in [6, 6.07) is 0. The maximum atomic E-state index is 3.75. The topological polar surface area (TPSA) is 30.5 Å². The third kappa shape index (κ3) is 1.99. The van der Waals surface area contributed by atoms with Gasteiger partial charge < -0.3 is 0 Å². The van der Waals surface area contributed by atoms with E-state index in [1.54, 1.807) is 0 Å². The van der Waals surface area contributed by atoms with Gasteiger partial charge in [0, 0.05) is 26.2 Å². The summed E-state index contributed by atoms with van der Waals surface area (Å²) in [6.45, 7) is 16.4. The van der Waals surface area contributed by atoms with Gasteiger partial charge in [-0.1, -0.05) is 27.7 Å². The second-order valence-electron chi connectivity index (χ2n) is 7.96. The average molecular weight is 252 g/mol. The summed E-state index contributed by atoms with van der Waals surface area (Å²) in [6.07, 6.45) is 1.52. The second-order valence-corrected chi connectivity index (χ2v) is 7.96. The Labute approximate surface area is 111 Å². The zero-order valence-electron chi connectivity index (χ0n) is 12.5. The number of nitrogens with zero attached hydrogens (tertiary/aromatic N) is 2. The highest BCUT2D eigenvalue weighted by atomic mass is 15.6. The van der Waals surface area contributed by atoms with Gasteiger partial charge in [0.15, 0.2) is 0 Å². The number of fused-ring (bicyclic) bond motifs is 3. The molecule has 1 unspecified atom stereocenters. The summed E-state index contributed by atoms with van der Waals surface area (Å²) in [7, 11) is 0. The predicted octanol–water partition coefficient (Wildman–Crippen LogP) is 0.861. The fourth-order valence-electron chi connectivity index (χ4n) is 3.80. The van der Waals surface area contributed by atoms with E-state index in [-0.39, 0.29) is 0 Å². The zero-order chi connectivity index (χ0) is 13.1. The third-order valence-corrected chi connectivity index (χ3v) is 4.77. The van der Waals surface area contributed by atoms with E-state index in [1.807, 2.05) is 0 Å². The first-order valence-electron chi connectivity index (χ1n) is 7.27. The SMILES string of the molecule is CC1N2CC(C)(C)CN[C@@H]2[C@@H]2NCC(C)(C)CN12. The molecule has 0 aromatic carbocycles. The highest BCUT2D eigenvalue weighted by Crippen LogP contribution is 2.36. The minimum Gasteiger partial charge on any atom is -0.299 e. The molecule has 104 valence electrons. The largest absolute Gasteiger partial charge is 0.299 e. The summed E-state index contributed by atoms with van der Waals surface area (Å²) in [4.78, 5) is 5.28. The van der Waals surface area contributed by atoms with Crippen molar-refractivity contribution in [3.63, 3.8) is 0 Å². The van der Waals surface area contributed by atoms with Crippen LogP contribution in [0, 0.1) is 10.8 Å². The van der Waals surface area contributed by atoms with Crippen LogP contribution in [0.15, 0.2) is 0 Å². The smallest absolute Gasteiger partial charge is 0.0907 e. The van der Waals surface area contributed by atoms with E-state index in [9.17, 15) is 0 Å². The molecule has 0 aromatic rings. The third-order valence-electron chi connectivity index (χ3n) is 4.77. The van der Waals surface area contributed by atoms with Crippen LogP contribution in [-0.2, 0) is 0 Å². The van der Waals surface area contributed by atoms with E-state index in [1.165, 1.54) is 13.1 Å². The van der Waals surface area contributed by atoms with Crippen LogP contribution in [0.2, 0.25) is 0 Å². The Morgan fingerprint density at radius 1 is 0.833 bits per heavy atom. The van der Waals surface area contributed by atoms with E-state index in [4.69, 9.17) is 0 Å². The van der Waals surface area contributed by atoms with Crippen molar-refractivity contribution in [3.05, 3.63) is 0 Å². The number of rotatable bonds is 0. The molecule has 3 aliphatic rings. The molecule has 0 aliphatic carbocycles. The van der Waals surface area contributed by atoms with Gasteiger partial charge in [-0.2, -0.15) is 0 Å². The second kappa shape index (κ2) is 3.92. The van der Waals surface area contributed by atoms with Gasteiger partial charge in [-0.3, -0.25) is 20.4 Å². The first kappa shape index (κ1) is 12.9. The quantitative estimate of drug-likeness (QED) is 0.669. The Bertz CT molecular complexity index is 307. The number of hydrogen-bond donors (Lipinski definition) is 2. The molecule has 0 saturated carbocycles. The molecule has 2 N–H and O–H groups in total. The van der Waals surface area contributed by atoms with E-state index in [0.29, 0.717) is 29.3 Å². The molecule has 4 heteroatoms. The van der Waals surface area contributed by atoms with Crippen molar-refractivity contribution in [1.29, 1.82) is 0 Å². The maximum absolute atomic E-state index is 3.75. The Morgan fingerprint density at radius 2 is 1.22 bits per heavy atom. The standard InChI is InChI=1S/C14H28N4/c1-10-17-8-13(2,3)6-15-11(17)12-16-7-14(4,5)9-18(10)12/h10-12,15-16H,6-9H2,1-5H3/t10?,11-,12+. The van der Waals surface area contributed by atoms with Crippen LogP contribution in [0.3, 0.4) is 0 Å². The van der Waals surface area contributed by atoms with Crippen molar-refractivity contribution in [2.45, 2.75) is 53.1 Å². The van der Waals surface area contributed by atoms with Gasteiger partial charge in [-0.15, -0.1) is 0 Å². The first-order valence-corrected chi connectivity index (χ1v) is 7.27. The summed E-state index contributed by atoms with van der Waals surface area (Å²) in [5.41, 5.74) is 0.768. The fourth-order valence-corrected chi connectivity index (χ4v) is 3.80. The molecule has 0 radical (unpaired) electrons. The van der Waals surface area contributed by atoms with Gasteiger partial charge in [0.25, 0.3) is 0 Å². The summed E-state index contributed by atoms with van der Waals surface area (Å²) in [5, 5.41) is 7.50. The van der Waals surface area contributed by atoms with Gasteiger partial charge in [0.05, 0.1) is 18.5 Å². The molecular formula is C14H28N4. The van der Waals surface area contributed by atoms with Crippen LogP contribution >= 0.6 is 0 Å². The lowest BCUT2D eigenvalue weighted by molar-refractivity contribution is 0.0347. The molecule has 18 heavy (non-hydrogen) atoms. The maximum Gasteiger partial charge on any atom is 0.0907 e. The molecule has 3 aliphatic heterocycles. The monoisotopic (exact) mass is 252 g/mol. The highest BCUT2D eigenvalue weighted by Gasteiger charge is 2.51. The molecule has 3 saturated heterocycles. The van der Waals surface area contributed by atoms with E-state index in [2.05, 4.69) is 55.1 Å². The molecule has 3 rings (SSSR count). The van der Waals surface area contributed by atoms with Crippen LogP contribution in [0.1, 0.15) is 34.6 Å². The van der Waals surface area contributed by atoms with Crippen molar-refractivity contribution in [1.82, 2.24) is 20.4 Å². The van der Waals surface area contributed by atoms with Crippen molar-refractivity contribution in [2.75, 3.05) is 26.2 Å².